The summed E-state index contributed by atoms with van der Waals surface area (Å²) in [5.74, 6) is -1.31. The minimum absolute atomic E-state index is 0.00192. The Hall–Kier alpha value is -3.39. The third-order valence-corrected chi connectivity index (χ3v) is 7.49. The van der Waals surface area contributed by atoms with Gasteiger partial charge in [0, 0.05) is 31.5 Å². The molecule has 1 aliphatic heterocycles. The molecule has 2 amide bonds. The number of carboxylic acid groups (broad SMARTS) is 1. The lowest BCUT2D eigenvalue weighted by atomic mass is 9.82. The van der Waals surface area contributed by atoms with Crippen LogP contribution in [0.15, 0.2) is 48.5 Å². The summed E-state index contributed by atoms with van der Waals surface area (Å²) in [7, 11) is 0. The Morgan fingerprint density at radius 1 is 1.03 bits per heavy atom. The van der Waals surface area contributed by atoms with E-state index in [1.54, 1.807) is 0 Å². The quantitative estimate of drug-likeness (QED) is 0.537. The Balaban J connectivity index is 1.07. The second-order valence-electron chi connectivity index (χ2n) is 9.77. The number of fused-ring (bicyclic) bond motifs is 3. The first-order valence-electron chi connectivity index (χ1n) is 12.2. The van der Waals surface area contributed by atoms with Crippen LogP contribution in [0.4, 0.5) is 4.79 Å². The Bertz CT molecular complexity index is 1080. The number of hydrogen-bond donors (Lipinski definition) is 3. The molecule has 2 aliphatic carbocycles. The summed E-state index contributed by atoms with van der Waals surface area (Å²) in [6.45, 7) is 1.31. The molecule has 8 nitrogen and oxygen atoms in total. The number of carbonyl (C=O) groups excluding carboxylic acids is 2. The van der Waals surface area contributed by atoms with Crippen molar-refractivity contribution in [1.29, 1.82) is 0 Å². The summed E-state index contributed by atoms with van der Waals surface area (Å²) in [5, 5.41) is 15.2. The summed E-state index contributed by atoms with van der Waals surface area (Å²) in [5.41, 5.74) is 3.60. The van der Waals surface area contributed by atoms with Crippen molar-refractivity contribution in [1.82, 2.24) is 10.6 Å². The van der Waals surface area contributed by atoms with Crippen LogP contribution in [0.1, 0.15) is 36.3 Å². The molecule has 3 aliphatic rings. The van der Waals surface area contributed by atoms with Crippen molar-refractivity contribution in [3.63, 3.8) is 0 Å². The highest BCUT2D eigenvalue weighted by Crippen LogP contribution is 2.44. The van der Waals surface area contributed by atoms with Gasteiger partial charge in [0.05, 0.1) is 6.61 Å². The van der Waals surface area contributed by atoms with Crippen molar-refractivity contribution in [2.45, 2.75) is 25.2 Å². The maximum absolute atomic E-state index is 12.5. The van der Waals surface area contributed by atoms with Gasteiger partial charge in [-0.3, -0.25) is 9.59 Å². The van der Waals surface area contributed by atoms with Crippen molar-refractivity contribution in [2.75, 3.05) is 32.9 Å². The summed E-state index contributed by atoms with van der Waals surface area (Å²) < 4.78 is 10.9. The van der Waals surface area contributed by atoms with Crippen LogP contribution in [0.3, 0.4) is 0 Å². The van der Waals surface area contributed by atoms with Crippen molar-refractivity contribution in [3.05, 3.63) is 59.7 Å². The van der Waals surface area contributed by atoms with E-state index in [0.29, 0.717) is 32.4 Å². The molecule has 8 heteroatoms. The molecule has 3 N–H and O–H groups in total. The number of ether oxygens (including phenoxy) is 2. The number of rotatable bonds is 8. The normalized spacial score (nSPS) is 24.7. The molecule has 0 bridgehead atoms. The first-order chi connectivity index (χ1) is 17.0. The lowest BCUT2D eigenvalue weighted by Crippen LogP contribution is -2.48. The van der Waals surface area contributed by atoms with Crippen LogP contribution in [0, 0.1) is 17.3 Å². The number of alkyl carbamates (subject to hydrolysis) is 1. The van der Waals surface area contributed by atoms with Gasteiger partial charge in [-0.25, -0.2) is 4.79 Å². The van der Waals surface area contributed by atoms with Gasteiger partial charge in [-0.1, -0.05) is 48.5 Å². The highest BCUT2D eigenvalue weighted by atomic mass is 16.5. The van der Waals surface area contributed by atoms with Crippen molar-refractivity contribution < 1.29 is 29.0 Å². The maximum atomic E-state index is 12.5. The number of benzene rings is 2. The Morgan fingerprint density at radius 3 is 2.34 bits per heavy atom. The highest BCUT2D eigenvalue weighted by Gasteiger charge is 2.45. The fraction of sp³-hybridized carbons (Fsp3) is 0.444. The minimum Gasteiger partial charge on any atom is -0.481 e. The molecule has 1 saturated heterocycles. The van der Waals surface area contributed by atoms with E-state index in [2.05, 4.69) is 34.9 Å². The van der Waals surface area contributed by atoms with Gasteiger partial charge in [0.1, 0.15) is 12.0 Å². The predicted octanol–water partition coefficient (Wildman–Crippen LogP) is 3.16. The van der Waals surface area contributed by atoms with E-state index >= 15 is 0 Å². The average Bonchev–Trinajstić information content (AvgIpc) is 3.60. The topological polar surface area (TPSA) is 114 Å². The van der Waals surface area contributed by atoms with E-state index < -0.39 is 17.5 Å². The fourth-order valence-electron chi connectivity index (χ4n) is 5.28. The van der Waals surface area contributed by atoms with Crippen LogP contribution >= 0.6 is 0 Å². The average molecular weight is 479 g/mol. The first kappa shape index (κ1) is 23.4. The smallest absolute Gasteiger partial charge is 0.407 e. The van der Waals surface area contributed by atoms with Gasteiger partial charge in [-0.15, -0.1) is 0 Å². The van der Waals surface area contributed by atoms with Gasteiger partial charge in [0.15, 0.2) is 0 Å². The molecule has 2 aromatic rings. The standard InChI is InChI=1S/C27H30N2O6/c30-24(29-15-27(25(31)32)10-5-11-34-16-27)22-12-17(22)13-28-26(33)35-14-23-20-8-3-1-6-18(20)19-7-2-4-9-21(19)23/h1-4,6-9,17,22-23H,5,10-16H2,(H,28,33)(H,29,30)(H,31,32)/t17-,22-,27?/m0/s1. The molecule has 2 fully saturated rings. The molecule has 3 atom stereocenters. The number of amides is 2. The third-order valence-electron chi connectivity index (χ3n) is 7.49. The largest absolute Gasteiger partial charge is 0.481 e. The summed E-state index contributed by atoms with van der Waals surface area (Å²) in [4.78, 5) is 36.6. The van der Waals surface area contributed by atoms with Crippen molar-refractivity contribution in [2.24, 2.45) is 17.3 Å². The SMILES string of the molecule is O=C(NC[C@@H]1C[C@@H]1C(=O)NCC1(C(=O)O)CCCOC1)OCC1c2ccccc2-c2ccccc21. The lowest BCUT2D eigenvalue weighted by molar-refractivity contribution is -0.157. The molecule has 1 saturated carbocycles. The van der Waals surface area contributed by atoms with E-state index in [9.17, 15) is 19.5 Å². The van der Waals surface area contributed by atoms with Crippen molar-refractivity contribution >= 4 is 18.0 Å². The molecular weight excluding hydrogens is 448 g/mol. The van der Waals surface area contributed by atoms with E-state index in [1.807, 2.05) is 24.3 Å². The van der Waals surface area contributed by atoms with E-state index in [4.69, 9.17) is 9.47 Å². The maximum Gasteiger partial charge on any atom is 0.407 e. The zero-order valence-electron chi connectivity index (χ0n) is 19.5. The molecule has 184 valence electrons. The van der Waals surface area contributed by atoms with Crippen molar-refractivity contribution in [3.8, 4) is 11.1 Å². The highest BCUT2D eigenvalue weighted by molar-refractivity contribution is 5.83. The number of carboxylic acids is 1. The van der Waals surface area contributed by atoms with Crippen LogP contribution in [-0.2, 0) is 19.1 Å². The summed E-state index contributed by atoms with van der Waals surface area (Å²) in [6.07, 6.45) is 1.31. The molecule has 5 rings (SSSR count). The van der Waals surface area contributed by atoms with Crippen LogP contribution < -0.4 is 10.6 Å². The van der Waals surface area contributed by atoms with E-state index in [1.165, 1.54) is 11.1 Å². The van der Waals surface area contributed by atoms with Gasteiger partial charge < -0.3 is 25.2 Å². The molecule has 0 spiro atoms. The number of hydrogen-bond acceptors (Lipinski definition) is 5. The number of aliphatic carboxylic acids is 1. The van der Waals surface area contributed by atoms with E-state index in [-0.39, 0.29) is 43.4 Å². The minimum atomic E-state index is -1.06. The second kappa shape index (κ2) is 9.70. The zero-order chi connectivity index (χ0) is 24.4. The van der Waals surface area contributed by atoms with E-state index in [0.717, 1.165) is 11.1 Å². The van der Waals surface area contributed by atoms with Gasteiger partial charge in [0.2, 0.25) is 5.91 Å². The van der Waals surface area contributed by atoms with Crippen LogP contribution in [0.2, 0.25) is 0 Å². The predicted molar refractivity (Wildman–Crippen MR) is 128 cm³/mol. The van der Waals surface area contributed by atoms with Crippen LogP contribution in [0.25, 0.3) is 11.1 Å². The summed E-state index contributed by atoms with van der Waals surface area (Å²) >= 11 is 0. The van der Waals surface area contributed by atoms with Gasteiger partial charge >= 0.3 is 12.1 Å². The molecule has 2 aromatic carbocycles. The van der Waals surface area contributed by atoms with Gasteiger partial charge in [0.25, 0.3) is 0 Å². The zero-order valence-corrected chi connectivity index (χ0v) is 19.5. The van der Waals surface area contributed by atoms with Gasteiger partial charge in [-0.2, -0.15) is 0 Å². The monoisotopic (exact) mass is 478 g/mol. The Kier molecular flexibility index (Phi) is 6.47. The number of nitrogens with one attached hydrogen (secondary N) is 2. The Morgan fingerprint density at radius 2 is 1.71 bits per heavy atom. The lowest BCUT2D eigenvalue weighted by Gasteiger charge is -2.33. The third kappa shape index (κ3) is 4.75. The molecule has 35 heavy (non-hydrogen) atoms. The van der Waals surface area contributed by atoms with Crippen LogP contribution in [-0.4, -0.2) is 56.0 Å². The number of carbonyl (C=O) groups is 3. The molecule has 1 unspecified atom stereocenters. The summed E-state index contributed by atoms with van der Waals surface area (Å²) in [6, 6.07) is 16.3. The Labute approximate surface area is 204 Å². The first-order valence-corrected chi connectivity index (χ1v) is 12.2. The molecule has 0 aromatic heterocycles. The fourth-order valence-corrected chi connectivity index (χ4v) is 5.28. The molecular formula is C27H30N2O6. The van der Waals surface area contributed by atoms with Crippen LogP contribution in [0.5, 0.6) is 0 Å². The van der Waals surface area contributed by atoms with Gasteiger partial charge in [-0.05, 0) is 47.4 Å². The molecule has 1 heterocycles. The molecule has 0 radical (unpaired) electrons. The second-order valence-corrected chi connectivity index (χ2v) is 9.77.